The van der Waals surface area contributed by atoms with Crippen molar-refractivity contribution < 1.29 is 28.2 Å². The van der Waals surface area contributed by atoms with Crippen molar-refractivity contribution in [1.29, 1.82) is 0 Å². The minimum Gasteiger partial charge on any atom is -0.478 e. The van der Waals surface area contributed by atoms with Crippen LogP contribution < -0.4 is 5.69 Å². The maximum Gasteiger partial charge on any atom is 0.422 e. The van der Waals surface area contributed by atoms with E-state index in [2.05, 4.69) is 0 Å². The second-order valence-corrected chi connectivity index (χ2v) is 9.12. The lowest BCUT2D eigenvalue weighted by Gasteiger charge is -2.37. The van der Waals surface area contributed by atoms with Crippen LogP contribution in [0.15, 0.2) is 65.5 Å². The highest BCUT2D eigenvalue weighted by atomic mass is 35.5. The van der Waals surface area contributed by atoms with Gasteiger partial charge in [0.25, 0.3) is 0 Å². The molecule has 188 valence electrons. The molecule has 4 rings (SSSR count). The number of aryl methyl sites for hydroxylation is 2. The van der Waals surface area contributed by atoms with Crippen molar-refractivity contribution in [3.8, 4) is 11.1 Å². The molecule has 1 aromatic heterocycles. The highest BCUT2D eigenvalue weighted by Crippen LogP contribution is 2.50. The molecule has 0 unspecified atom stereocenters. The van der Waals surface area contributed by atoms with Crippen LogP contribution in [0, 0.1) is 0 Å². The molecule has 0 radical (unpaired) electrons. The van der Waals surface area contributed by atoms with Gasteiger partial charge < -0.3 is 10.2 Å². The Bertz CT molecular complexity index is 1560. The van der Waals surface area contributed by atoms with Crippen LogP contribution >= 0.6 is 11.6 Å². The number of nitrogens with zero attached hydrogens (tertiary/aromatic N) is 2. The van der Waals surface area contributed by atoms with E-state index in [-0.39, 0.29) is 21.7 Å². The largest absolute Gasteiger partial charge is 0.478 e. The van der Waals surface area contributed by atoms with Gasteiger partial charge in [-0.05, 0) is 52.6 Å². The number of carbonyl (C=O) groups is 1. The minimum absolute atomic E-state index is 0.0170. The molecule has 0 fully saturated rings. The molecule has 4 aromatic rings. The minimum atomic E-state index is -5.08. The number of halogens is 4. The van der Waals surface area contributed by atoms with Crippen molar-refractivity contribution in [2.45, 2.75) is 24.6 Å². The van der Waals surface area contributed by atoms with E-state index in [0.717, 1.165) is 6.07 Å². The van der Waals surface area contributed by atoms with E-state index in [1.807, 2.05) is 0 Å². The summed E-state index contributed by atoms with van der Waals surface area (Å²) in [4.78, 5) is 23.5. The summed E-state index contributed by atoms with van der Waals surface area (Å²) in [7, 11) is 2.95. The molecular weight excluding hydrogens is 497 g/mol. The second kappa shape index (κ2) is 8.83. The van der Waals surface area contributed by atoms with Crippen LogP contribution in [0.3, 0.4) is 0 Å². The molecule has 0 spiro atoms. The number of carboxylic acid groups (broad SMARTS) is 1. The highest BCUT2D eigenvalue weighted by molar-refractivity contribution is 6.31. The summed E-state index contributed by atoms with van der Waals surface area (Å²) in [5.41, 5.74) is -2.34. The smallest absolute Gasteiger partial charge is 0.422 e. The summed E-state index contributed by atoms with van der Waals surface area (Å²) < 4.78 is 46.0. The molecule has 10 heteroatoms. The predicted octanol–water partition coefficient (Wildman–Crippen LogP) is 5.45. The lowest BCUT2D eigenvalue weighted by atomic mass is 9.77. The average Bonchev–Trinajstić information content (AvgIpc) is 3.05. The third kappa shape index (κ3) is 3.98. The summed E-state index contributed by atoms with van der Waals surface area (Å²) in [5, 5.41) is 20.4. The average molecular weight is 519 g/mol. The lowest BCUT2D eigenvalue weighted by molar-refractivity contribution is -0.274. The van der Waals surface area contributed by atoms with Gasteiger partial charge in [-0.1, -0.05) is 48.9 Å². The van der Waals surface area contributed by atoms with Gasteiger partial charge in [0.2, 0.25) is 0 Å². The molecule has 0 bridgehead atoms. The number of aromatic carboxylic acids is 1. The van der Waals surface area contributed by atoms with Crippen LogP contribution in [0.4, 0.5) is 13.2 Å². The topological polar surface area (TPSA) is 84.5 Å². The van der Waals surface area contributed by atoms with E-state index >= 15 is 0 Å². The fourth-order valence-electron chi connectivity index (χ4n) is 4.52. The summed E-state index contributed by atoms with van der Waals surface area (Å²) in [6, 6.07) is 14.1. The Balaban J connectivity index is 1.82. The van der Waals surface area contributed by atoms with Gasteiger partial charge in [-0.2, -0.15) is 13.2 Å². The molecule has 0 aliphatic rings. The van der Waals surface area contributed by atoms with Gasteiger partial charge in [0, 0.05) is 25.0 Å². The zero-order valence-electron chi connectivity index (χ0n) is 19.5. The predicted molar refractivity (Wildman–Crippen MR) is 130 cm³/mol. The molecule has 6 nitrogen and oxygen atoms in total. The number of hydrogen-bond acceptors (Lipinski definition) is 3. The molecular formula is C26H22ClF3N2O4. The fraction of sp³-hybridized carbons (Fsp3) is 0.231. The van der Waals surface area contributed by atoms with Crippen LogP contribution in [0.2, 0.25) is 5.02 Å². The first kappa shape index (κ1) is 25.5. The number of alkyl halides is 3. The third-order valence-corrected chi connectivity index (χ3v) is 7.01. The lowest BCUT2D eigenvalue weighted by Crippen LogP contribution is -2.46. The molecule has 0 aliphatic heterocycles. The van der Waals surface area contributed by atoms with Crippen LogP contribution in [0.25, 0.3) is 22.2 Å². The summed E-state index contributed by atoms with van der Waals surface area (Å²) >= 11 is 6.42. The van der Waals surface area contributed by atoms with E-state index in [1.54, 1.807) is 12.1 Å². The highest BCUT2D eigenvalue weighted by Gasteiger charge is 2.59. The molecule has 2 atom stereocenters. The maximum atomic E-state index is 14.5. The number of imidazole rings is 1. The number of aliphatic hydroxyl groups is 1. The summed E-state index contributed by atoms with van der Waals surface area (Å²) in [5.74, 6) is -2.64. The molecule has 2 N–H and O–H groups in total. The Morgan fingerprint density at radius 1 is 0.944 bits per heavy atom. The molecule has 1 heterocycles. The van der Waals surface area contributed by atoms with Crippen LogP contribution in [-0.2, 0) is 19.7 Å². The standard InChI is InChI=1S/C26H22ClF3N2O4/c1-14(19-9-7-16(12-20(19)27)15-5-4-6-17(11-15)23(33)34)25(36,26(28,29)30)18-8-10-21-22(13-18)32(3)24(35)31(21)2/h4-14,36H,1-3H3,(H,33,34)/t14-,25-/m1/s1. The Morgan fingerprint density at radius 3 is 2.19 bits per heavy atom. The van der Waals surface area contributed by atoms with Gasteiger partial charge in [-0.15, -0.1) is 0 Å². The van der Waals surface area contributed by atoms with E-state index in [0.29, 0.717) is 16.6 Å². The number of carboxylic acids is 1. The van der Waals surface area contributed by atoms with Gasteiger partial charge >= 0.3 is 17.8 Å². The Labute approximate surface area is 208 Å². The van der Waals surface area contributed by atoms with Crippen molar-refractivity contribution in [2.24, 2.45) is 14.1 Å². The van der Waals surface area contributed by atoms with Gasteiger partial charge in [0.15, 0.2) is 5.60 Å². The zero-order chi connectivity index (χ0) is 26.6. The van der Waals surface area contributed by atoms with E-state index in [1.165, 1.54) is 72.6 Å². The van der Waals surface area contributed by atoms with Crippen molar-refractivity contribution in [1.82, 2.24) is 9.13 Å². The maximum absolute atomic E-state index is 14.5. The Morgan fingerprint density at radius 2 is 1.58 bits per heavy atom. The first-order chi connectivity index (χ1) is 16.8. The molecule has 0 amide bonds. The van der Waals surface area contributed by atoms with Crippen LogP contribution in [-0.4, -0.2) is 31.5 Å². The van der Waals surface area contributed by atoms with Gasteiger partial charge in [0.1, 0.15) is 0 Å². The zero-order valence-corrected chi connectivity index (χ0v) is 20.2. The van der Waals surface area contributed by atoms with E-state index < -0.39 is 34.9 Å². The first-order valence-corrected chi connectivity index (χ1v) is 11.2. The van der Waals surface area contributed by atoms with E-state index in [4.69, 9.17) is 11.6 Å². The van der Waals surface area contributed by atoms with Crippen molar-refractivity contribution in [3.63, 3.8) is 0 Å². The van der Waals surface area contributed by atoms with Crippen molar-refractivity contribution in [2.75, 3.05) is 0 Å². The van der Waals surface area contributed by atoms with Crippen LogP contribution in [0.5, 0.6) is 0 Å². The number of aromatic nitrogens is 2. The normalized spacial score (nSPS) is 14.6. The summed E-state index contributed by atoms with van der Waals surface area (Å²) in [6.45, 7) is 1.23. The van der Waals surface area contributed by atoms with Crippen molar-refractivity contribution in [3.05, 3.63) is 92.9 Å². The van der Waals surface area contributed by atoms with E-state index in [9.17, 15) is 33.0 Å². The quantitative estimate of drug-likeness (QED) is 0.368. The number of hydrogen-bond donors (Lipinski definition) is 2. The number of benzene rings is 3. The van der Waals surface area contributed by atoms with Crippen molar-refractivity contribution >= 4 is 28.6 Å². The fourth-order valence-corrected chi connectivity index (χ4v) is 4.86. The SMILES string of the molecule is C[C@H](c1ccc(-c2cccc(C(=O)O)c2)cc1Cl)[C@@](O)(c1ccc2c(c1)n(C)c(=O)n2C)C(F)(F)F. The van der Waals surface area contributed by atoms with Crippen LogP contribution in [0.1, 0.15) is 34.3 Å². The monoisotopic (exact) mass is 518 g/mol. The first-order valence-electron chi connectivity index (χ1n) is 10.9. The number of rotatable bonds is 5. The molecule has 0 saturated carbocycles. The molecule has 3 aromatic carbocycles. The molecule has 0 saturated heterocycles. The summed E-state index contributed by atoms with van der Waals surface area (Å²) in [6.07, 6.45) is -5.08. The Hall–Kier alpha value is -3.56. The Kier molecular flexibility index (Phi) is 6.26. The number of fused-ring (bicyclic) bond motifs is 1. The third-order valence-electron chi connectivity index (χ3n) is 6.68. The van der Waals surface area contributed by atoms with Gasteiger partial charge in [-0.3, -0.25) is 9.13 Å². The molecule has 0 aliphatic carbocycles. The van der Waals surface area contributed by atoms with Gasteiger partial charge in [0.05, 0.1) is 16.6 Å². The van der Waals surface area contributed by atoms with Gasteiger partial charge in [-0.25, -0.2) is 9.59 Å². The molecule has 36 heavy (non-hydrogen) atoms. The second-order valence-electron chi connectivity index (χ2n) is 8.71.